The van der Waals surface area contributed by atoms with E-state index in [1.807, 2.05) is 0 Å². The van der Waals surface area contributed by atoms with Crippen molar-refractivity contribution < 1.29 is 75.8 Å². The highest BCUT2D eigenvalue weighted by Crippen LogP contribution is 2.45. The van der Waals surface area contributed by atoms with Crippen molar-refractivity contribution in [3.8, 4) is 0 Å². The van der Waals surface area contributed by atoms with E-state index in [2.05, 4.69) is 215 Å². The third-order valence-electron chi connectivity index (χ3n) is 17.8. The fourth-order valence-electron chi connectivity index (χ4n) is 11.3. The molecular formula is C95H156O16P2. The number of hydrogen-bond acceptors (Lipinski definition) is 14. The summed E-state index contributed by atoms with van der Waals surface area (Å²) in [4.78, 5) is 58.9. The summed E-state index contributed by atoms with van der Waals surface area (Å²) in [5, 5.41) is 20.7. The van der Waals surface area contributed by atoms with Gasteiger partial charge in [0, 0.05) is 19.3 Å². The van der Waals surface area contributed by atoms with Crippen molar-refractivity contribution in [2.75, 3.05) is 39.6 Å². The number of carbonyl (C=O) groups is 3. The molecule has 0 saturated heterocycles. The predicted molar refractivity (Wildman–Crippen MR) is 472 cm³/mol. The average molecular weight is 1620 g/mol. The Morgan fingerprint density at radius 1 is 0.248 bits per heavy atom. The summed E-state index contributed by atoms with van der Waals surface area (Å²) in [5.74, 6) is -1.61. The molecule has 4 N–H and O–H groups in total. The monoisotopic (exact) mass is 1620 g/mol. The van der Waals surface area contributed by atoms with E-state index in [9.17, 15) is 43.5 Å². The zero-order chi connectivity index (χ0) is 82.2. The zero-order valence-corrected chi connectivity index (χ0v) is 72.3. The van der Waals surface area contributed by atoms with Crippen LogP contribution in [-0.4, -0.2) is 95.9 Å². The number of ether oxygens (including phenoxy) is 3. The Labute approximate surface area is 687 Å². The molecule has 0 aromatic heterocycles. The third-order valence-corrected chi connectivity index (χ3v) is 19.7. The van der Waals surface area contributed by atoms with Gasteiger partial charge in [0.15, 0.2) is 6.10 Å². The van der Waals surface area contributed by atoms with Gasteiger partial charge in [-0.3, -0.25) is 32.5 Å². The molecular weight excluding hydrogens is 1460 g/mol. The first-order valence-electron chi connectivity index (χ1n) is 43.7. The second kappa shape index (κ2) is 85.8. The summed E-state index contributed by atoms with van der Waals surface area (Å²) in [6.07, 6.45) is 113. The van der Waals surface area contributed by atoms with E-state index in [1.165, 1.54) is 70.6 Å². The molecule has 18 heteroatoms. The maximum atomic E-state index is 13.0. The molecule has 0 rings (SSSR count). The lowest BCUT2D eigenvalue weighted by Crippen LogP contribution is -2.30. The van der Waals surface area contributed by atoms with Crippen LogP contribution in [0.1, 0.15) is 329 Å². The Morgan fingerprint density at radius 2 is 0.442 bits per heavy atom. The minimum Gasteiger partial charge on any atom is -0.463 e. The van der Waals surface area contributed by atoms with Crippen molar-refractivity contribution in [1.82, 2.24) is 0 Å². The standard InChI is InChI=1S/C95H156O16P2/c1-4-7-10-13-16-19-22-25-28-31-34-37-39-41-43-44-46-48-49-52-54-57-60-63-66-69-72-75-78-81-93(98)105-84-90(96)85-107-112(101,102)108-86-91(97)87-109-113(103,104)110-89-92(111-95(100)83-80-77-74-71-68-65-62-59-56-51-36-33-30-27-24-21-18-15-12-9-6-3)88-106-94(99)82-79-76-73-70-67-64-61-58-55-53-50-47-45-42-40-38-35-32-29-26-23-20-17-14-11-8-5-2/h7-12,16-21,25-30,34-38,41-43,45-46,48,51,59,62,90-92,96-97H,4-6,13-15,22-24,31-33,39-40,44,47,49-50,52-58,60-61,63-89H2,1-3H3,(H,101,102)(H,103,104)/b10-7-,11-8-,12-9-,19-16-,20-17-,21-18-,28-25-,29-26-,30-27-,37-34-,38-35-,43-41-,45-42-,48-46-,51-36-,62-59-. The number of carbonyl (C=O) groups excluding carboxylic acids is 3. The molecule has 0 aromatic carbocycles. The topological polar surface area (TPSA) is 231 Å². The van der Waals surface area contributed by atoms with Crippen molar-refractivity contribution >= 4 is 33.6 Å². The van der Waals surface area contributed by atoms with Gasteiger partial charge in [-0.1, -0.05) is 344 Å². The minimum absolute atomic E-state index is 0.0752. The van der Waals surface area contributed by atoms with Crippen LogP contribution in [0.25, 0.3) is 0 Å². The molecule has 0 amide bonds. The largest absolute Gasteiger partial charge is 0.472 e. The molecule has 0 aliphatic carbocycles. The van der Waals surface area contributed by atoms with E-state index < -0.39 is 91.5 Å². The first-order valence-corrected chi connectivity index (χ1v) is 46.7. The van der Waals surface area contributed by atoms with Gasteiger partial charge in [-0.2, -0.15) is 0 Å². The SMILES string of the molecule is CC/C=C\C/C=C\C/C=C\C/C=C\C/C=C\C/C=C\CCCCCCCCCCCCC(=O)OCC(O)COP(=O)(O)OCC(O)COP(=O)(O)OCC(COC(=O)CCCCCCCCCCCCC/C=C\C/C=C\C/C=C\C/C=C\C/C=C\CC)OC(=O)CCCCCCC/C=C\C/C=C\C/C=C\C/C=C\C/C=C\CC. The molecule has 0 radical (unpaired) electrons. The average Bonchev–Trinajstić information content (AvgIpc) is 0.903. The molecule has 0 bridgehead atoms. The summed E-state index contributed by atoms with van der Waals surface area (Å²) in [6.45, 7) is 2.32. The van der Waals surface area contributed by atoms with Crippen molar-refractivity contribution in [1.29, 1.82) is 0 Å². The number of phosphoric ester groups is 2. The number of aliphatic hydroxyl groups is 2. The number of allylic oxidation sites excluding steroid dienone is 32. The number of rotatable bonds is 81. The first-order chi connectivity index (χ1) is 55.2. The van der Waals surface area contributed by atoms with Gasteiger partial charge in [0.1, 0.15) is 25.4 Å². The normalized spacial score (nSPS) is 14.8. The molecule has 642 valence electrons. The van der Waals surface area contributed by atoms with Crippen LogP contribution < -0.4 is 0 Å². The molecule has 0 fully saturated rings. The Bertz CT molecular complexity index is 2830. The molecule has 5 atom stereocenters. The predicted octanol–water partition coefficient (Wildman–Crippen LogP) is 26.7. The van der Waals surface area contributed by atoms with E-state index >= 15 is 0 Å². The van der Waals surface area contributed by atoms with Gasteiger partial charge in [-0.25, -0.2) is 9.13 Å². The summed E-state index contributed by atoms with van der Waals surface area (Å²) >= 11 is 0. The molecule has 0 heterocycles. The van der Waals surface area contributed by atoms with Crippen molar-refractivity contribution in [2.45, 2.75) is 347 Å². The van der Waals surface area contributed by atoms with Crippen LogP contribution in [0.15, 0.2) is 194 Å². The molecule has 0 aliphatic heterocycles. The molecule has 16 nitrogen and oxygen atoms in total. The Morgan fingerprint density at radius 3 is 0.699 bits per heavy atom. The van der Waals surface area contributed by atoms with Crippen LogP contribution >= 0.6 is 15.6 Å². The number of unbranched alkanes of at least 4 members (excludes halogenated alkanes) is 26. The van der Waals surface area contributed by atoms with Crippen LogP contribution in [-0.2, 0) is 55.8 Å². The fourth-order valence-corrected chi connectivity index (χ4v) is 12.9. The van der Waals surface area contributed by atoms with Crippen molar-refractivity contribution in [2.24, 2.45) is 0 Å². The zero-order valence-electron chi connectivity index (χ0n) is 70.5. The molecule has 113 heavy (non-hydrogen) atoms. The summed E-state index contributed by atoms with van der Waals surface area (Å²) in [5.41, 5.74) is 0. The number of hydrogen-bond donors (Lipinski definition) is 4. The summed E-state index contributed by atoms with van der Waals surface area (Å²) in [6, 6.07) is 0. The first kappa shape index (κ1) is 107. The van der Waals surface area contributed by atoms with Crippen LogP contribution in [0.4, 0.5) is 0 Å². The van der Waals surface area contributed by atoms with Crippen LogP contribution in [0.5, 0.6) is 0 Å². The van der Waals surface area contributed by atoms with Crippen molar-refractivity contribution in [3.05, 3.63) is 194 Å². The minimum atomic E-state index is -4.95. The molecule has 0 spiro atoms. The van der Waals surface area contributed by atoms with Crippen LogP contribution in [0, 0.1) is 0 Å². The van der Waals surface area contributed by atoms with Gasteiger partial charge in [0.2, 0.25) is 0 Å². The molecule has 0 saturated carbocycles. The Kier molecular flexibility index (Phi) is 81.5. The maximum Gasteiger partial charge on any atom is 0.472 e. The lowest BCUT2D eigenvalue weighted by molar-refractivity contribution is -0.161. The lowest BCUT2D eigenvalue weighted by Gasteiger charge is -2.21. The van der Waals surface area contributed by atoms with Gasteiger partial charge >= 0.3 is 33.6 Å². The van der Waals surface area contributed by atoms with E-state index in [1.54, 1.807) is 0 Å². The van der Waals surface area contributed by atoms with E-state index in [0.717, 1.165) is 199 Å². The third kappa shape index (κ3) is 87.1. The van der Waals surface area contributed by atoms with Crippen molar-refractivity contribution in [3.63, 3.8) is 0 Å². The summed E-state index contributed by atoms with van der Waals surface area (Å²) < 4.78 is 61.4. The Balaban J connectivity index is 4.66. The lowest BCUT2D eigenvalue weighted by atomic mass is 10.0. The van der Waals surface area contributed by atoms with E-state index in [0.29, 0.717) is 19.3 Å². The van der Waals surface area contributed by atoms with E-state index in [4.69, 9.17) is 32.3 Å². The Hall–Kier alpha value is -5.61. The second-order valence-corrected chi connectivity index (χ2v) is 31.5. The number of aliphatic hydroxyl groups excluding tert-OH is 2. The number of esters is 3. The highest BCUT2D eigenvalue weighted by atomic mass is 31.2. The molecule has 5 unspecified atom stereocenters. The van der Waals surface area contributed by atoms with Gasteiger partial charge in [0.05, 0.1) is 26.4 Å². The van der Waals surface area contributed by atoms with Crippen LogP contribution in [0.2, 0.25) is 0 Å². The maximum absolute atomic E-state index is 13.0. The second-order valence-electron chi connectivity index (χ2n) is 28.5. The van der Waals surface area contributed by atoms with Crippen LogP contribution in [0.3, 0.4) is 0 Å². The number of phosphoric acid groups is 2. The fraction of sp³-hybridized carbons (Fsp3) is 0.632. The van der Waals surface area contributed by atoms with E-state index in [-0.39, 0.29) is 19.3 Å². The molecule has 0 aliphatic rings. The van der Waals surface area contributed by atoms with Gasteiger partial charge < -0.3 is 34.2 Å². The van der Waals surface area contributed by atoms with Gasteiger partial charge in [0.25, 0.3) is 0 Å². The quantitative estimate of drug-likeness (QED) is 0.0146. The van der Waals surface area contributed by atoms with Gasteiger partial charge in [-0.05, 0) is 161 Å². The molecule has 0 aromatic rings. The highest BCUT2D eigenvalue weighted by Gasteiger charge is 2.29. The summed E-state index contributed by atoms with van der Waals surface area (Å²) in [7, 11) is -9.82. The van der Waals surface area contributed by atoms with Gasteiger partial charge in [-0.15, -0.1) is 0 Å². The smallest absolute Gasteiger partial charge is 0.463 e. The highest BCUT2D eigenvalue weighted by molar-refractivity contribution is 7.47.